The number of aliphatic hydroxyl groups excluding tert-OH is 1. The van der Waals surface area contributed by atoms with E-state index in [1.807, 2.05) is 20.8 Å². The molecule has 5 rings (SSSR count). The first-order chi connectivity index (χ1) is 20.8. The van der Waals surface area contributed by atoms with Gasteiger partial charge >= 0.3 is 12.6 Å². The largest absolute Gasteiger partial charge is 0.465 e. The normalized spacial score (nSPS) is 17.7. The van der Waals surface area contributed by atoms with Gasteiger partial charge in [-0.2, -0.15) is 19.1 Å². The number of aliphatic imine (C=N–C) groups is 1. The van der Waals surface area contributed by atoms with E-state index in [0.717, 1.165) is 4.90 Å². The summed E-state index contributed by atoms with van der Waals surface area (Å²) in [6.45, 7) is 2.35. The maximum Gasteiger partial charge on any atom is 0.411 e. The third-order valence-corrected chi connectivity index (χ3v) is 7.38. The molecule has 0 saturated carbocycles. The second kappa shape index (κ2) is 11.7. The Labute approximate surface area is 254 Å². The zero-order chi connectivity index (χ0) is 31.8. The van der Waals surface area contributed by atoms with Crippen LogP contribution in [0, 0.1) is 5.41 Å². The van der Waals surface area contributed by atoms with Gasteiger partial charge in [0.05, 0.1) is 23.9 Å². The number of aromatic nitrogens is 6. The molecule has 16 heteroatoms. The lowest BCUT2D eigenvalue weighted by atomic mass is 9.75. The van der Waals surface area contributed by atoms with Crippen LogP contribution in [0.1, 0.15) is 50.9 Å². The third kappa shape index (κ3) is 5.88. The number of hydrogen-bond acceptors (Lipinski definition) is 8. The van der Waals surface area contributed by atoms with Crippen LogP contribution in [0.5, 0.6) is 0 Å². The van der Waals surface area contributed by atoms with Gasteiger partial charge in [-0.15, -0.1) is 10.2 Å². The number of carboxylic acid groups (broad SMARTS) is 1. The van der Waals surface area contributed by atoms with Gasteiger partial charge in [0, 0.05) is 17.3 Å². The summed E-state index contributed by atoms with van der Waals surface area (Å²) in [6.07, 6.45) is 1.22. The quantitative estimate of drug-likeness (QED) is 0.219. The molecular formula is C28H28ClF2N9O4. The van der Waals surface area contributed by atoms with Crippen molar-refractivity contribution >= 4 is 29.6 Å². The van der Waals surface area contributed by atoms with Gasteiger partial charge in [-0.3, -0.25) is 15.0 Å². The predicted molar refractivity (Wildman–Crippen MR) is 155 cm³/mol. The Hall–Kier alpha value is -4.76. The molecule has 2 amide bonds. The minimum Gasteiger partial charge on any atom is -0.465 e. The first kappa shape index (κ1) is 30.7. The molecule has 1 aliphatic heterocycles. The number of H-pyrrole nitrogens is 1. The summed E-state index contributed by atoms with van der Waals surface area (Å²) in [7, 11) is 0. The second-order valence-corrected chi connectivity index (χ2v) is 11.8. The number of aliphatic hydroxyl groups is 1. The van der Waals surface area contributed by atoms with Crippen molar-refractivity contribution in [1.82, 2.24) is 40.6 Å². The highest BCUT2D eigenvalue weighted by Gasteiger charge is 2.53. The van der Waals surface area contributed by atoms with E-state index in [0.29, 0.717) is 37.5 Å². The molecule has 0 bridgehead atoms. The van der Waals surface area contributed by atoms with Gasteiger partial charge in [0.1, 0.15) is 0 Å². The molecule has 0 unspecified atom stereocenters. The van der Waals surface area contributed by atoms with E-state index in [2.05, 4.69) is 31.0 Å². The van der Waals surface area contributed by atoms with Gasteiger partial charge in [0.15, 0.2) is 5.54 Å². The van der Waals surface area contributed by atoms with Crippen molar-refractivity contribution in [3.05, 3.63) is 71.0 Å². The number of alkyl halides is 2. The van der Waals surface area contributed by atoms with Crippen molar-refractivity contribution in [2.24, 2.45) is 10.4 Å². The van der Waals surface area contributed by atoms with Crippen LogP contribution >= 0.6 is 11.6 Å². The van der Waals surface area contributed by atoms with Crippen LogP contribution in [0.3, 0.4) is 0 Å². The fraction of sp³-hybridized carbons (Fsp3) is 0.321. The zero-order valence-electron chi connectivity index (χ0n) is 23.7. The minimum atomic E-state index is -2.79. The Morgan fingerprint density at radius 2 is 1.89 bits per heavy atom. The number of amides is 2. The lowest BCUT2D eigenvalue weighted by molar-refractivity contribution is -0.135. The molecular weight excluding hydrogens is 600 g/mol. The fourth-order valence-corrected chi connectivity index (χ4v) is 5.49. The molecule has 13 nitrogen and oxygen atoms in total. The molecule has 0 radical (unpaired) electrons. The molecule has 230 valence electrons. The van der Waals surface area contributed by atoms with Gasteiger partial charge in [-0.1, -0.05) is 62.7 Å². The second-order valence-electron chi connectivity index (χ2n) is 11.4. The van der Waals surface area contributed by atoms with E-state index in [1.165, 1.54) is 12.4 Å². The minimum absolute atomic E-state index is 0.162. The summed E-state index contributed by atoms with van der Waals surface area (Å²) in [5.74, 6) is -0.672. The number of carbonyl (C=O) groups is 2. The number of guanidine groups is 1. The number of tetrazole rings is 1. The number of nitrogens with one attached hydrogen (secondary N) is 2. The van der Waals surface area contributed by atoms with E-state index in [9.17, 15) is 28.6 Å². The lowest BCUT2D eigenvalue weighted by Gasteiger charge is -2.34. The molecule has 4 N–H and O–H groups in total. The topological polar surface area (TPSA) is 175 Å². The molecule has 4 aromatic rings. The first-order valence-electron chi connectivity index (χ1n) is 13.3. The maximum absolute atomic E-state index is 14.6. The first-order valence-corrected chi connectivity index (χ1v) is 13.7. The number of carbonyl (C=O) groups excluding carboxylic acids is 1. The number of aromatic amines is 1. The lowest BCUT2D eigenvalue weighted by Crippen LogP contribution is -2.49. The number of halogens is 3. The molecule has 44 heavy (non-hydrogen) atoms. The van der Waals surface area contributed by atoms with Gasteiger partial charge in [-0.05, 0) is 45.9 Å². The highest BCUT2D eigenvalue weighted by Crippen LogP contribution is 2.45. The third-order valence-electron chi connectivity index (χ3n) is 7.05. The van der Waals surface area contributed by atoms with Gasteiger partial charge < -0.3 is 10.2 Å². The van der Waals surface area contributed by atoms with E-state index in [4.69, 9.17) is 16.6 Å². The summed E-state index contributed by atoms with van der Waals surface area (Å²) in [4.78, 5) is 32.3. The number of hydrogen-bond donors (Lipinski definition) is 4. The van der Waals surface area contributed by atoms with Crippen LogP contribution < -0.4 is 5.32 Å². The summed E-state index contributed by atoms with van der Waals surface area (Å²) in [5.41, 5.74) is 0.153. The average molecular weight is 628 g/mol. The van der Waals surface area contributed by atoms with Crippen molar-refractivity contribution in [1.29, 1.82) is 0 Å². The Morgan fingerprint density at radius 3 is 2.45 bits per heavy atom. The van der Waals surface area contributed by atoms with Crippen LogP contribution in [0.2, 0.25) is 5.02 Å². The van der Waals surface area contributed by atoms with Crippen molar-refractivity contribution in [2.45, 2.75) is 45.3 Å². The molecule has 0 spiro atoms. The summed E-state index contributed by atoms with van der Waals surface area (Å²) >= 11 is 6.37. The Bertz CT molecular complexity index is 1700. The van der Waals surface area contributed by atoms with Crippen LogP contribution in [-0.4, -0.2) is 70.1 Å². The standard InChI is InChI=1S/C28H28ClF2N9O4/c1-27(2,3)14-28(18-7-4-15(5-8-18)17-11-32-39(12-17)24(30)31)23(42)40(25(34-28)33-26(43)44)21(13-41)16-6-9-20(29)19(10-16)22-35-37-38-36-22/h4-12,21,24,41H,13-14H2,1-3H3,(H,33,34)(H,43,44)(H,35,36,37,38)/t21-,28-/m1/s1. The van der Waals surface area contributed by atoms with E-state index >= 15 is 0 Å². The Morgan fingerprint density at radius 1 is 1.16 bits per heavy atom. The van der Waals surface area contributed by atoms with Gasteiger partial charge in [-0.25, -0.2) is 14.5 Å². The predicted octanol–water partition coefficient (Wildman–Crippen LogP) is 4.61. The SMILES string of the molecule is CC(C)(C)C[C@]1(c2ccc(-c3cnn(C(F)F)c3)cc2)N=C(NC(=O)O)N([C@H](CO)c2ccc(Cl)c(-c3nn[nH]n3)c2)C1=O. The molecule has 0 aliphatic carbocycles. The van der Waals surface area contributed by atoms with Crippen molar-refractivity contribution < 1.29 is 28.6 Å². The number of rotatable bonds is 8. The maximum atomic E-state index is 14.6. The highest BCUT2D eigenvalue weighted by atomic mass is 35.5. The molecule has 0 saturated heterocycles. The summed E-state index contributed by atoms with van der Waals surface area (Å²) in [5, 5.41) is 40.3. The molecule has 2 aromatic heterocycles. The monoisotopic (exact) mass is 627 g/mol. The van der Waals surface area contributed by atoms with E-state index in [-0.39, 0.29) is 18.2 Å². The number of nitrogens with zero attached hydrogens (tertiary/aromatic N) is 7. The van der Waals surface area contributed by atoms with Gasteiger partial charge in [0.25, 0.3) is 5.91 Å². The summed E-state index contributed by atoms with van der Waals surface area (Å²) in [6, 6.07) is 10.2. The smallest absolute Gasteiger partial charge is 0.411 e. The number of benzene rings is 2. The molecule has 1 aliphatic rings. The molecule has 0 fully saturated rings. The molecule has 2 aromatic carbocycles. The molecule has 2 atom stereocenters. The van der Waals surface area contributed by atoms with Crippen molar-refractivity contribution in [2.75, 3.05) is 6.61 Å². The summed E-state index contributed by atoms with van der Waals surface area (Å²) < 4.78 is 26.7. The van der Waals surface area contributed by atoms with Crippen LogP contribution in [0.15, 0.2) is 59.9 Å². The van der Waals surface area contributed by atoms with Gasteiger partial charge in [0.2, 0.25) is 11.8 Å². The molecule has 3 heterocycles. The van der Waals surface area contributed by atoms with Crippen LogP contribution in [0.4, 0.5) is 13.6 Å². The average Bonchev–Trinajstić information content (AvgIpc) is 3.72. The highest BCUT2D eigenvalue weighted by molar-refractivity contribution is 6.33. The van der Waals surface area contributed by atoms with Crippen molar-refractivity contribution in [3.8, 4) is 22.5 Å². The van der Waals surface area contributed by atoms with Crippen LogP contribution in [-0.2, 0) is 10.3 Å². The zero-order valence-corrected chi connectivity index (χ0v) is 24.5. The van der Waals surface area contributed by atoms with Crippen molar-refractivity contribution in [3.63, 3.8) is 0 Å². The van der Waals surface area contributed by atoms with Crippen LogP contribution in [0.25, 0.3) is 22.5 Å². The Balaban J connectivity index is 1.60. The van der Waals surface area contributed by atoms with E-state index < -0.39 is 42.2 Å². The Kier molecular flexibility index (Phi) is 8.18. The fourth-order valence-electron chi connectivity index (χ4n) is 5.29. The van der Waals surface area contributed by atoms with E-state index in [1.54, 1.807) is 42.5 Å².